The van der Waals surface area contributed by atoms with E-state index < -0.39 is 0 Å². The van der Waals surface area contributed by atoms with Crippen LogP contribution in [0.15, 0.2) is 17.5 Å². The number of thiophene rings is 1. The summed E-state index contributed by atoms with van der Waals surface area (Å²) in [5.41, 5.74) is 0. The van der Waals surface area contributed by atoms with Crippen molar-refractivity contribution < 1.29 is 9.53 Å². The zero-order valence-corrected chi connectivity index (χ0v) is 8.34. The minimum Gasteiger partial charge on any atom is -0.378 e. The maximum atomic E-state index is 11.8. The Bertz CT molecular complexity index is 292. The molecule has 0 aliphatic carbocycles. The van der Waals surface area contributed by atoms with E-state index in [1.165, 1.54) is 11.3 Å². The highest BCUT2D eigenvalue weighted by molar-refractivity contribution is 7.12. The van der Waals surface area contributed by atoms with E-state index in [0.717, 1.165) is 17.9 Å². The van der Waals surface area contributed by atoms with Gasteiger partial charge < -0.3 is 4.74 Å². The summed E-state index contributed by atoms with van der Waals surface area (Å²) in [6.45, 7) is 2.70. The molecule has 3 heteroatoms. The number of ketones is 1. The lowest BCUT2D eigenvalue weighted by molar-refractivity contribution is 0.0768. The van der Waals surface area contributed by atoms with Gasteiger partial charge in [0, 0.05) is 6.61 Å². The van der Waals surface area contributed by atoms with Gasteiger partial charge in [0.05, 0.1) is 16.9 Å². The van der Waals surface area contributed by atoms with Gasteiger partial charge in [0.15, 0.2) is 5.78 Å². The molecule has 1 aliphatic rings. The second-order valence-corrected chi connectivity index (χ2v) is 4.26. The van der Waals surface area contributed by atoms with Crippen LogP contribution in [-0.2, 0) is 4.74 Å². The lowest BCUT2D eigenvalue weighted by atomic mass is 9.96. The van der Waals surface area contributed by atoms with Gasteiger partial charge in [0.25, 0.3) is 0 Å². The molecule has 2 atom stereocenters. The molecule has 1 aromatic heterocycles. The van der Waals surface area contributed by atoms with Crippen molar-refractivity contribution in [3.8, 4) is 0 Å². The number of rotatable bonds is 2. The average molecular weight is 196 g/mol. The van der Waals surface area contributed by atoms with Crippen molar-refractivity contribution in [2.75, 3.05) is 6.61 Å². The molecule has 0 bridgehead atoms. The topological polar surface area (TPSA) is 26.3 Å². The Morgan fingerprint density at radius 1 is 1.69 bits per heavy atom. The third-order valence-corrected chi connectivity index (χ3v) is 3.36. The van der Waals surface area contributed by atoms with Crippen LogP contribution in [0.4, 0.5) is 0 Å². The van der Waals surface area contributed by atoms with Crippen LogP contribution in [0.25, 0.3) is 0 Å². The third-order valence-electron chi connectivity index (χ3n) is 2.48. The van der Waals surface area contributed by atoms with Gasteiger partial charge in [-0.2, -0.15) is 0 Å². The van der Waals surface area contributed by atoms with Crippen molar-refractivity contribution in [3.05, 3.63) is 22.4 Å². The number of carbonyl (C=O) groups excluding carboxylic acids is 1. The Morgan fingerprint density at radius 3 is 3.08 bits per heavy atom. The number of Topliss-reactive ketones (excluding diaryl/α,β-unsaturated/α-hetero) is 1. The fourth-order valence-corrected chi connectivity index (χ4v) is 2.41. The zero-order valence-electron chi connectivity index (χ0n) is 7.53. The Labute approximate surface area is 81.5 Å². The summed E-state index contributed by atoms with van der Waals surface area (Å²) >= 11 is 1.51. The van der Waals surface area contributed by atoms with Crippen LogP contribution < -0.4 is 0 Å². The predicted octanol–water partition coefficient (Wildman–Crippen LogP) is 2.36. The molecule has 2 heterocycles. The average Bonchev–Trinajstić information content (AvgIpc) is 2.72. The normalized spacial score (nSPS) is 27.8. The monoisotopic (exact) mass is 196 g/mol. The summed E-state index contributed by atoms with van der Waals surface area (Å²) in [6, 6.07) is 3.80. The van der Waals surface area contributed by atoms with Gasteiger partial charge in [-0.25, -0.2) is 0 Å². The van der Waals surface area contributed by atoms with Crippen molar-refractivity contribution in [1.29, 1.82) is 0 Å². The largest absolute Gasteiger partial charge is 0.378 e. The molecule has 0 radical (unpaired) electrons. The van der Waals surface area contributed by atoms with Crippen molar-refractivity contribution in [2.24, 2.45) is 5.92 Å². The minimum atomic E-state index is 0.0821. The number of carbonyl (C=O) groups is 1. The van der Waals surface area contributed by atoms with E-state index in [1.54, 1.807) is 0 Å². The Morgan fingerprint density at radius 2 is 2.54 bits per heavy atom. The molecule has 70 valence electrons. The predicted molar refractivity (Wildman–Crippen MR) is 52.2 cm³/mol. The van der Waals surface area contributed by atoms with Gasteiger partial charge in [0.2, 0.25) is 0 Å². The Kier molecular flexibility index (Phi) is 2.47. The third kappa shape index (κ3) is 1.67. The summed E-state index contributed by atoms with van der Waals surface area (Å²) in [5.74, 6) is 0.332. The Balaban J connectivity index is 2.13. The standard InChI is InChI=1S/C10H12O2S/c1-7-8(4-5-12-7)10(11)9-3-2-6-13-9/h2-3,6-8H,4-5H2,1H3. The lowest BCUT2D eigenvalue weighted by Gasteiger charge is -2.10. The highest BCUT2D eigenvalue weighted by Gasteiger charge is 2.31. The van der Waals surface area contributed by atoms with Crippen LogP contribution in [0.2, 0.25) is 0 Å². The molecule has 1 saturated heterocycles. The first-order valence-electron chi connectivity index (χ1n) is 4.48. The summed E-state index contributed by atoms with van der Waals surface area (Å²) in [7, 11) is 0. The molecule has 1 fully saturated rings. The number of hydrogen-bond acceptors (Lipinski definition) is 3. The van der Waals surface area contributed by atoms with Gasteiger partial charge in [-0.05, 0) is 24.8 Å². The molecule has 1 aliphatic heterocycles. The molecule has 2 unspecified atom stereocenters. The van der Waals surface area contributed by atoms with Gasteiger partial charge in [-0.15, -0.1) is 11.3 Å². The molecule has 0 aromatic carbocycles. The van der Waals surface area contributed by atoms with E-state index in [1.807, 2.05) is 24.4 Å². The smallest absolute Gasteiger partial charge is 0.178 e. The fraction of sp³-hybridized carbons (Fsp3) is 0.500. The minimum absolute atomic E-state index is 0.0821. The first-order valence-corrected chi connectivity index (χ1v) is 5.36. The van der Waals surface area contributed by atoms with Crippen LogP contribution >= 0.6 is 11.3 Å². The van der Waals surface area contributed by atoms with E-state index in [9.17, 15) is 4.79 Å². The van der Waals surface area contributed by atoms with E-state index in [2.05, 4.69) is 0 Å². The van der Waals surface area contributed by atoms with Crippen molar-refractivity contribution in [2.45, 2.75) is 19.4 Å². The first-order chi connectivity index (χ1) is 6.29. The number of ether oxygens (including phenoxy) is 1. The molecular weight excluding hydrogens is 184 g/mol. The second-order valence-electron chi connectivity index (χ2n) is 3.31. The van der Waals surface area contributed by atoms with E-state index in [4.69, 9.17) is 4.74 Å². The highest BCUT2D eigenvalue weighted by Crippen LogP contribution is 2.26. The molecule has 13 heavy (non-hydrogen) atoms. The molecule has 1 aromatic rings. The summed E-state index contributed by atoms with van der Waals surface area (Å²) in [6.07, 6.45) is 0.965. The van der Waals surface area contributed by atoms with E-state index >= 15 is 0 Å². The van der Waals surface area contributed by atoms with Crippen molar-refractivity contribution in [3.63, 3.8) is 0 Å². The fourth-order valence-electron chi connectivity index (χ4n) is 1.68. The maximum Gasteiger partial charge on any atom is 0.178 e. The lowest BCUT2D eigenvalue weighted by Crippen LogP contribution is -2.20. The van der Waals surface area contributed by atoms with Gasteiger partial charge in [0.1, 0.15) is 0 Å². The summed E-state index contributed by atoms with van der Waals surface area (Å²) in [5, 5.41) is 1.94. The molecule has 0 N–H and O–H groups in total. The summed E-state index contributed by atoms with van der Waals surface area (Å²) in [4.78, 5) is 12.7. The van der Waals surface area contributed by atoms with E-state index in [0.29, 0.717) is 0 Å². The molecule has 2 nitrogen and oxygen atoms in total. The van der Waals surface area contributed by atoms with Crippen LogP contribution in [0.3, 0.4) is 0 Å². The quantitative estimate of drug-likeness (QED) is 0.679. The number of hydrogen-bond donors (Lipinski definition) is 0. The SMILES string of the molecule is CC1OCCC1C(=O)c1cccs1. The molecule has 0 amide bonds. The zero-order chi connectivity index (χ0) is 9.26. The van der Waals surface area contributed by atoms with Crippen LogP contribution in [0, 0.1) is 5.92 Å². The molecular formula is C10H12O2S. The first kappa shape index (κ1) is 8.91. The maximum absolute atomic E-state index is 11.8. The molecule has 0 saturated carbocycles. The van der Waals surface area contributed by atoms with Gasteiger partial charge in [-0.1, -0.05) is 6.07 Å². The van der Waals surface area contributed by atoms with Crippen molar-refractivity contribution in [1.82, 2.24) is 0 Å². The summed E-state index contributed by atoms with van der Waals surface area (Å²) < 4.78 is 5.37. The van der Waals surface area contributed by atoms with E-state index in [-0.39, 0.29) is 17.8 Å². The Hall–Kier alpha value is -0.670. The van der Waals surface area contributed by atoms with Crippen LogP contribution in [0.5, 0.6) is 0 Å². The molecule has 0 spiro atoms. The second kappa shape index (κ2) is 3.60. The van der Waals surface area contributed by atoms with Crippen molar-refractivity contribution >= 4 is 17.1 Å². The van der Waals surface area contributed by atoms with Gasteiger partial charge in [-0.3, -0.25) is 4.79 Å². The molecule has 2 rings (SSSR count). The van der Waals surface area contributed by atoms with Crippen LogP contribution in [0.1, 0.15) is 23.0 Å². The highest BCUT2D eigenvalue weighted by atomic mass is 32.1. The van der Waals surface area contributed by atoms with Crippen LogP contribution in [-0.4, -0.2) is 18.5 Å². The van der Waals surface area contributed by atoms with Gasteiger partial charge >= 0.3 is 0 Å².